The maximum Gasteiger partial charge on any atom is 0.352 e. The number of β-lactam (4-membered cyclic amide) rings is 1. The van der Waals surface area contributed by atoms with Crippen LogP contribution in [0.3, 0.4) is 0 Å². The molecular formula is C12H17N5O3S2. The lowest BCUT2D eigenvalue weighted by molar-refractivity contribution is -0.147. The van der Waals surface area contributed by atoms with Crippen LogP contribution in [0.5, 0.6) is 0 Å². The average molecular weight is 343 g/mol. The monoisotopic (exact) mass is 343 g/mol. The van der Waals surface area contributed by atoms with E-state index in [0.717, 1.165) is 5.57 Å². The van der Waals surface area contributed by atoms with Crippen molar-refractivity contribution in [2.75, 3.05) is 18.6 Å². The lowest BCUT2D eigenvalue weighted by Gasteiger charge is -2.48. The third-order valence-electron chi connectivity index (χ3n) is 3.68. The van der Waals surface area contributed by atoms with E-state index in [1.54, 1.807) is 11.3 Å². The van der Waals surface area contributed by atoms with Crippen LogP contribution in [0.25, 0.3) is 0 Å². The summed E-state index contributed by atoms with van der Waals surface area (Å²) in [5.74, 6) is -0.354. The Bertz CT molecular complexity index is 595. The fourth-order valence-electron chi connectivity index (χ4n) is 2.57. The summed E-state index contributed by atoms with van der Waals surface area (Å²) >= 11 is 3.01. The summed E-state index contributed by atoms with van der Waals surface area (Å²) in [6.07, 6.45) is 1.68. The van der Waals surface area contributed by atoms with E-state index >= 15 is 0 Å². The first-order valence-electron chi connectivity index (χ1n) is 6.68. The highest BCUT2D eigenvalue weighted by Gasteiger charge is 2.51. The number of aliphatic carboxylic acids is 1. The highest BCUT2D eigenvalue weighted by Crippen LogP contribution is 2.41. The minimum absolute atomic E-state index is 0.0851. The fourth-order valence-corrected chi connectivity index (χ4v) is 5.02. The first-order valence-corrected chi connectivity index (χ1v) is 8.71. The largest absolute Gasteiger partial charge is 0.477 e. The third-order valence-corrected chi connectivity index (χ3v) is 6.29. The van der Waals surface area contributed by atoms with E-state index in [-0.39, 0.29) is 17.0 Å². The van der Waals surface area contributed by atoms with Crippen LogP contribution in [0, 0.1) is 0 Å². The van der Waals surface area contributed by atoms with Crippen LogP contribution in [-0.2, 0) is 9.59 Å². The molecule has 3 heterocycles. The Morgan fingerprint density at radius 3 is 3.05 bits per heavy atom. The molecule has 0 bridgehead atoms. The summed E-state index contributed by atoms with van der Waals surface area (Å²) in [4.78, 5) is 28.6. The number of carboxylic acid groups (broad SMARTS) is 1. The van der Waals surface area contributed by atoms with E-state index in [1.807, 2.05) is 14.0 Å². The lowest BCUT2D eigenvalue weighted by Crippen LogP contribution is -2.68. The van der Waals surface area contributed by atoms with Gasteiger partial charge in [0.25, 0.3) is 0 Å². The van der Waals surface area contributed by atoms with Crippen LogP contribution in [0.2, 0.25) is 0 Å². The molecule has 0 aromatic rings. The molecular weight excluding hydrogens is 326 g/mol. The molecule has 1 fully saturated rings. The topological polar surface area (TPSA) is 111 Å². The minimum atomic E-state index is -1.08. The van der Waals surface area contributed by atoms with Crippen molar-refractivity contribution in [1.82, 2.24) is 15.3 Å². The van der Waals surface area contributed by atoms with E-state index in [1.165, 1.54) is 28.4 Å². The molecule has 2 unspecified atom stereocenters. The number of aliphatic imine (C=N–C) groups is 1. The molecule has 120 valence electrons. The van der Waals surface area contributed by atoms with Crippen molar-refractivity contribution in [3.05, 3.63) is 11.3 Å². The van der Waals surface area contributed by atoms with Crippen molar-refractivity contribution in [2.24, 2.45) is 10.7 Å². The van der Waals surface area contributed by atoms with Gasteiger partial charge < -0.3 is 10.8 Å². The molecule has 1 amide bonds. The summed E-state index contributed by atoms with van der Waals surface area (Å²) in [6.45, 7) is 1.92. The average Bonchev–Trinajstić information content (AvgIpc) is 2.83. The zero-order chi connectivity index (χ0) is 16.1. The molecule has 0 saturated carbocycles. The molecule has 0 aliphatic carbocycles. The predicted molar refractivity (Wildman–Crippen MR) is 86.0 cm³/mol. The Labute approximate surface area is 136 Å². The van der Waals surface area contributed by atoms with Crippen LogP contribution >= 0.6 is 23.5 Å². The van der Waals surface area contributed by atoms with Crippen molar-refractivity contribution < 1.29 is 14.7 Å². The molecule has 0 spiro atoms. The molecule has 8 nitrogen and oxygen atoms in total. The van der Waals surface area contributed by atoms with Crippen LogP contribution < -0.4 is 11.2 Å². The van der Waals surface area contributed by atoms with Crippen molar-refractivity contribution in [3.8, 4) is 0 Å². The summed E-state index contributed by atoms with van der Waals surface area (Å²) in [5, 5.41) is 11.0. The van der Waals surface area contributed by atoms with Gasteiger partial charge in [-0.25, -0.2) is 9.79 Å². The summed E-state index contributed by atoms with van der Waals surface area (Å²) in [5.41, 5.74) is 9.70. The molecule has 0 aromatic carbocycles. The Morgan fingerprint density at radius 2 is 2.45 bits per heavy atom. The first kappa shape index (κ1) is 15.7. The van der Waals surface area contributed by atoms with Crippen LogP contribution in [0.1, 0.15) is 6.92 Å². The SMILES string of the molecule is CN1C=NC(C)(SCC2=C(C(=O)O)N3C(=O)C(N)[C@H]3SC2)N1. The van der Waals surface area contributed by atoms with Crippen LogP contribution in [-0.4, -0.2) is 68.2 Å². The van der Waals surface area contributed by atoms with Gasteiger partial charge >= 0.3 is 5.97 Å². The van der Waals surface area contributed by atoms with Gasteiger partial charge in [-0.3, -0.25) is 14.7 Å². The summed E-state index contributed by atoms with van der Waals surface area (Å²) < 4.78 is 0. The highest BCUT2D eigenvalue weighted by molar-refractivity contribution is 8.01. The number of nitrogens with zero attached hydrogens (tertiary/aromatic N) is 3. The number of amides is 1. The number of carbonyl (C=O) groups is 2. The van der Waals surface area contributed by atoms with Gasteiger partial charge in [0, 0.05) is 18.6 Å². The molecule has 3 atom stereocenters. The number of hydrogen-bond donors (Lipinski definition) is 3. The molecule has 0 radical (unpaired) electrons. The second-order valence-corrected chi connectivity index (χ2v) is 7.91. The van der Waals surface area contributed by atoms with Crippen LogP contribution in [0.15, 0.2) is 16.3 Å². The second kappa shape index (κ2) is 5.44. The van der Waals surface area contributed by atoms with E-state index in [0.29, 0.717) is 11.5 Å². The van der Waals surface area contributed by atoms with E-state index in [2.05, 4.69) is 10.4 Å². The molecule has 3 aliphatic rings. The minimum Gasteiger partial charge on any atom is -0.477 e. The molecule has 3 rings (SSSR count). The first-order chi connectivity index (χ1) is 10.3. The fraction of sp³-hybridized carbons (Fsp3) is 0.583. The Hall–Kier alpha value is -1.23. The Balaban J connectivity index is 1.78. The Kier molecular flexibility index (Phi) is 3.87. The zero-order valence-corrected chi connectivity index (χ0v) is 13.8. The standard InChI is InChI=1S/C12H17N5O3S2/c1-12(14-5-16(2)15-12)22-4-6-3-21-10-7(13)9(18)17(10)8(6)11(19)20/h5,7,10,15H,3-4,13H2,1-2H3,(H,19,20)/t7?,10-,12?/m1/s1. The molecule has 4 N–H and O–H groups in total. The molecule has 0 aromatic heterocycles. The van der Waals surface area contributed by atoms with Gasteiger partial charge in [0.1, 0.15) is 23.5 Å². The number of nitrogens with two attached hydrogens (primary N) is 1. The molecule has 1 saturated heterocycles. The van der Waals surface area contributed by atoms with Crippen molar-refractivity contribution in [2.45, 2.75) is 23.3 Å². The number of rotatable bonds is 4. The van der Waals surface area contributed by atoms with Gasteiger partial charge in [0.2, 0.25) is 5.91 Å². The van der Waals surface area contributed by atoms with Crippen LogP contribution in [0.4, 0.5) is 0 Å². The van der Waals surface area contributed by atoms with Crippen molar-refractivity contribution in [1.29, 1.82) is 0 Å². The number of carboxylic acids is 1. The normalized spacial score (nSPS) is 34.0. The van der Waals surface area contributed by atoms with Gasteiger partial charge in [0.15, 0.2) is 4.99 Å². The number of hydrogen-bond acceptors (Lipinski definition) is 8. The third kappa shape index (κ3) is 2.49. The van der Waals surface area contributed by atoms with E-state index in [9.17, 15) is 14.7 Å². The predicted octanol–water partition coefficient (Wildman–Crippen LogP) is -0.547. The van der Waals surface area contributed by atoms with Gasteiger partial charge in [-0.15, -0.1) is 23.5 Å². The van der Waals surface area contributed by atoms with Crippen molar-refractivity contribution in [3.63, 3.8) is 0 Å². The maximum atomic E-state index is 11.9. The quantitative estimate of drug-likeness (QED) is 0.583. The smallest absolute Gasteiger partial charge is 0.352 e. The van der Waals surface area contributed by atoms with Gasteiger partial charge in [-0.05, 0) is 12.5 Å². The van der Waals surface area contributed by atoms with Gasteiger partial charge in [-0.2, -0.15) is 5.43 Å². The summed E-state index contributed by atoms with van der Waals surface area (Å²) in [7, 11) is 1.85. The summed E-state index contributed by atoms with van der Waals surface area (Å²) in [6, 6.07) is -0.596. The lowest BCUT2D eigenvalue weighted by atomic mass is 10.0. The number of thioether (sulfide) groups is 2. The number of nitrogens with one attached hydrogen (secondary N) is 1. The number of carbonyl (C=O) groups excluding carboxylic acids is 1. The highest BCUT2D eigenvalue weighted by atomic mass is 32.2. The Morgan fingerprint density at radius 1 is 1.73 bits per heavy atom. The van der Waals surface area contributed by atoms with E-state index in [4.69, 9.17) is 5.73 Å². The van der Waals surface area contributed by atoms with Crippen molar-refractivity contribution >= 4 is 41.7 Å². The zero-order valence-electron chi connectivity index (χ0n) is 12.1. The maximum absolute atomic E-state index is 11.9. The molecule has 3 aliphatic heterocycles. The van der Waals surface area contributed by atoms with Gasteiger partial charge in [-0.1, -0.05) is 0 Å². The number of hydrazine groups is 1. The van der Waals surface area contributed by atoms with Gasteiger partial charge in [0.05, 0.1) is 0 Å². The van der Waals surface area contributed by atoms with E-state index < -0.39 is 17.0 Å². The molecule has 10 heteroatoms. The second-order valence-electron chi connectivity index (χ2n) is 5.43. The number of fused-ring (bicyclic) bond motifs is 1. The molecule has 22 heavy (non-hydrogen) atoms.